The normalized spacial score (nSPS) is 17.9. The second kappa shape index (κ2) is 8.82. The number of benzene rings is 2. The fourth-order valence-electron chi connectivity index (χ4n) is 3.49. The zero-order valence-electron chi connectivity index (χ0n) is 16.3. The Labute approximate surface area is 192 Å². The summed E-state index contributed by atoms with van der Waals surface area (Å²) in [4.78, 5) is 40.1. The molecule has 0 unspecified atom stereocenters. The number of thioether (sulfide) groups is 1. The second-order valence-electron chi connectivity index (χ2n) is 6.88. The molecule has 160 valence electrons. The summed E-state index contributed by atoms with van der Waals surface area (Å²) >= 11 is 13.5. The summed E-state index contributed by atoms with van der Waals surface area (Å²) in [5.74, 6) is -0.983. The lowest BCUT2D eigenvalue weighted by atomic mass is 9.96. The Bertz CT molecular complexity index is 1080. The third-order valence-corrected chi connectivity index (χ3v) is 6.08. The third kappa shape index (κ3) is 4.51. The topological polar surface area (TPSA) is 87.7 Å². The molecule has 0 saturated heterocycles. The van der Waals surface area contributed by atoms with Gasteiger partial charge in [-0.2, -0.15) is 0 Å². The third-order valence-electron chi connectivity index (χ3n) is 4.90. The molecule has 0 saturated carbocycles. The summed E-state index contributed by atoms with van der Waals surface area (Å²) in [5.41, 5.74) is 1.87. The molecule has 1 atom stereocenters. The molecule has 2 aliphatic rings. The first-order valence-electron chi connectivity index (χ1n) is 9.24. The van der Waals surface area contributed by atoms with Gasteiger partial charge in [0.25, 0.3) is 0 Å². The van der Waals surface area contributed by atoms with E-state index in [0.717, 1.165) is 10.5 Å². The van der Waals surface area contributed by atoms with Crippen LogP contribution in [0.5, 0.6) is 0 Å². The maximum atomic E-state index is 12.8. The van der Waals surface area contributed by atoms with E-state index in [1.54, 1.807) is 30.0 Å². The largest absolute Gasteiger partial charge is 0.456 e. The van der Waals surface area contributed by atoms with E-state index in [-0.39, 0.29) is 13.2 Å². The van der Waals surface area contributed by atoms with Crippen molar-refractivity contribution in [2.45, 2.75) is 10.9 Å². The lowest BCUT2D eigenvalue weighted by Gasteiger charge is -2.32. The summed E-state index contributed by atoms with van der Waals surface area (Å²) in [6.45, 7) is -0.374. The molecule has 10 heteroatoms. The van der Waals surface area contributed by atoms with Crippen molar-refractivity contribution in [3.8, 4) is 0 Å². The molecule has 2 heterocycles. The number of hydrogen-bond acceptors (Lipinski definition) is 5. The molecule has 0 spiro atoms. The van der Waals surface area contributed by atoms with Crippen molar-refractivity contribution in [3.05, 3.63) is 69.3 Å². The maximum absolute atomic E-state index is 12.8. The van der Waals surface area contributed by atoms with Crippen LogP contribution in [0.25, 0.3) is 0 Å². The quantitative estimate of drug-likeness (QED) is 0.496. The van der Waals surface area contributed by atoms with Crippen molar-refractivity contribution in [1.29, 1.82) is 0 Å². The van der Waals surface area contributed by atoms with Gasteiger partial charge in [0.05, 0.1) is 17.3 Å². The Kier molecular flexibility index (Phi) is 6.13. The minimum absolute atomic E-state index is 0.0722. The van der Waals surface area contributed by atoms with Crippen LogP contribution in [0.2, 0.25) is 10.0 Å². The van der Waals surface area contributed by atoms with E-state index in [1.165, 1.54) is 4.90 Å². The van der Waals surface area contributed by atoms with Crippen LogP contribution >= 0.6 is 35.0 Å². The molecule has 2 aliphatic heterocycles. The van der Waals surface area contributed by atoms with E-state index in [1.807, 2.05) is 30.5 Å². The molecule has 3 amide bonds. The molecule has 7 nitrogen and oxygen atoms in total. The van der Waals surface area contributed by atoms with Crippen LogP contribution in [0.1, 0.15) is 11.6 Å². The number of carbonyl (C=O) groups excluding carboxylic acids is 3. The highest BCUT2D eigenvalue weighted by Gasteiger charge is 2.42. The lowest BCUT2D eigenvalue weighted by molar-refractivity contribution is -0.136. The molecule has 0 fully saturated rings. The summed E-state index contributed by atoms with van der Waals surface area (Å²) in [6.07, 6.45) is 1.96. The number of cyclic esters (lactones) is 1. The second-order valence-corrected chi connectivity index (χ2v) is 8.64. The Balaban J connectivity index is 1.58. The number of hydrogen-bond donors (Lipinski definition) is 2. The fraction of sp³-hybridized carbons (Fsp3) is 0.190. The van der Waals surface area contributed by atoms with Gasteiger partial charge >= 0.3 is 12.0 Å². The minimum atomic E-state index is -0.639. The standard InChI is InChI=1S/C21H17Cl2N3O4S/c1-31-15-4-2-11(3-5-15)19-18-16(10-30-20(18)28)26(21(29)25-19)9-17(27)24-14-7-12(22)6-13(23)8-14/h2-8,19H,9-10H2,1H3,(H,24,27)(H,25,29)/t19-/m1/s1. The zero-order chi connectivity index (χ0) is 22.1. The number of nitrogens with one attached hydrogen (secondary N) is 2. The molecule has 2 aromatic rings. The minimum Gasteiger partial charge on any atom is -0.456 e. The van der Waals surface area contributed by atoms with E-state index < -0.39 is 23.9 Å². The molecule has 0 aliphatic carbocycles. The first kappa shape index (κ1) is 21.5. The van der Waals surface area contributed by atoms with Crippen LogP contribution in [-0.4, -0.2) is 42.2 Å². The van der Waals surface area contributed by atoms with Gasteiger partial charge in [0.1, 0.15) is 13.2 Å². The van der Waals surface area contributed by atoms with Gasteiger partial charge in [0.15, 0.2) is 0 Å². The number of ether oxygens (including phenoxy) is 1. The van der Waals surface area contributed by atoms with Gasteiger partial charge in [-0.25, -0.2) is 9.59 Å². The fourth-order valence-corrected chi connectivity index (χ4v) is 4.43. The van der Waals surface area contributed by atoms with Crippen LogP contribution in [0.4, 0.5) is 10.5 Å². The summed E-state index contributed by atoms with van der Waals surface area (Å²) in [5, 5.41) is 6.20. The van der Waals surface area contributed by atoms with Gasteiger partial charge in [0, 0.05) is 20.6 Å². The van der Waals surface area contributed by atoms with Crippen molar-refractivity contribution in [1.82, 2.24) is 10.2 Å². The van der Waals surface area contributed by atoms with Crippen molar-refractivity contribution in [3.63, 3.8) is 0 Å². The summed E-state index contributed by atoms with van der Waals surface area (Å²) in [7, 11) is 0. The van der Waals surface area contributed by atoms with Crippen LogP contribution < -0.4 is 10.6 Å². The number of carbonyl (C=O) groups is 3. The monoisotopic (exact) mass is 477 g/mol. The van der Waals surface area contributed by atoms with E-state index in [0.29, 0.717) is 27.0 Å². The first-order valence-corrected chi connectivity index (χ1v) is 11.2. The summed E-state index contributed by atoms with van der Waals surface area (Å²) in [6, 6.07) is 11.1. The molecule has 31 heavy (non-hydrogen) atoms. The predicted octanol–water partition coefficient (Wildman–Crippen LogP) is 4.23. The Hall–Kier alpha value is -2.68. The van der Waals surface area contributed by atoms with E-state index in [9.17, 15) is 14.4 Å². The van der Waals surface area contributed by atoms with E-state index in [4.69, 9.17) is 27.9 Å². The molecule has 2 aromatic carbocycles. The van der Waals surface area contributed by atoms with Gasteiger partial charge in [-0.15, -0.1) is 11.8 Å². The van der Waals surface area contributed by atoms with Crippen molar-refractivity contribution >= 4 is 58.6 Å². The zero-order valence-corrected chi connectivity index (χ0v) is 18.6. The number of halogens is 2. The number of urea groups is 1. The van der Waals surface area contributed by atoms with Crippen LogP contribution in [0.3, 0.4) is 0 Å². The molecule has 4 rings (SSSR count). The highest BCUT2D eigenvalue weighted by molar-refractivity contribution is 7.98. The van der Waals surface area contributed by atoms with Crippen LogP contribution in [0.15, 0.2) is 58.6 Å². The molecular formula is C21H17Cl2N3O4S. The maximum Gasteiger partial charge on any atom is 0.338 e. The van der Waals surface area contributed by atoms with Crippen LogP contribution in [-0.2, 0) is 14.3 Å². The number of amides is 3. The number of rotatable bonds is 5. The average Bonchev–Trinajstić information content (AvgIpc) is 3.11. The van der Waals surface area contributed by atoms with E-state index in [2.05, 4.69) is 10.6 Å². The first-order chi connectivity index (χ1) is 14.9. The SMILES string of the molecule is CSc1ccc([C@H]2NC(=O)N(CC(=O)Nc3cc(Cl)cc(Cl)c3)C3=C2C(=O)OC3)cc1. The lowest BCUT2D eigenvalue weighted by Crippen LogP contribution is -2.49. The van der Waals surface area contributed by atoms with Crippen molar-refractivity contribution in [2.75, 3.05) is 24.7 Å². The number of nitrogens with zero attached hydrogens (tertiary/aromatic N) is 1. The van der Waals surface area contributed by atoms with Crippen molar-refractivity contribution < 1.29 is 19.1 Å². The van der Waals surface area contributed by atoms with Gasteiger partial charge in [-0.3, -0.25) is 9.69 Å². The van der Waals surface area contributed by atoms with Gasteiger partial charge in [0.2, 0.25) is 5.91 Å². The Morgan fingerprint density at radius 2 is 1.87 bits per heavy atom. The predicted molar refractivity (Wildman–Crippen MR) is 119 cm³/mol. The molecule has 0 aromatic heterocycles. The molecule has 0 radical (unpaired) electrons. The summed E-state index contributed by atoms with van der Waals surface area (Å²) < 4.78 is 5.19. The van der Waals surface area contributed by atoms with Crippen molar-refractivity contribution in [2.24, 2.45) is 0 Å². The Morgan fingerprint density at radius 1 is 1.19 bits per heavy atom. The van der Waals surface area contributed by atoms with Gasteiger partial charge < -0.3 is 15.4 Å². The molecule has 0 bridgehead atoms. The van der Waals surface area contributed by atoms with Gasteiger partial charge in [-0.1, -0.05) is 35.3 Å². The number of esters is 1. The highest BCUT2D eigenvalue weighted by Crippen LogP contribution is 2.35. The smallest absolute Gasteiger partial charge is 0.338 e. The molecule has 2 N–H and O–H groups in total. The van der Waals surface area contributed by atoms with Crippen LogP contribution in [0, 0.1) is 0 Å². The average molecular weight is 478 g/mol. The van der Waals surface area contributed by atoms with Gasteiger partial charge in [-0.05, 0) is 42.2 Å². The molecular weight excluding hydrogens is 461 g/mol. The van der Waals surface area contributed by atoms with E-state index >= 15 is 0 Å². The highest BCUT2D eigenvalue weighted by atomic mass is 35.5. The number of anilines is 1. The Morgan fingerprint density at radius 3 is 2.52 bits per heavy atom.